The van der Waals surface area contributed by atoms with Gasteiger partial charge in [0.25, 0.3) is 0 Å². The predicted molar refractivity (Wildman–Crippen MR) is 122 cm³/mol. The minimum atomic E-state index is -1.03. The maximum Gasteiger partial charge on any atom is 0.191 e. The predicted octanol–water partition coefficient (Wildman–Crippen LogP) is 3.15. The molecule has 0 bridgehead atoms. The van der Waals surface area contributed by atoms with Crippen molar-refractivity contribution in [2.45, 2.75) is 37.2 Å². The van der Waals surface area contributed by atoms with Crippen molar-refractivity contribution in [3.05, 3.63) is 66.0 Å². The maximum absolute atomic E-state index is 13.1. The molecule has 1 aliphatic rings. The molecule has 3 rings (SSSR count). The Balaban J connectivity index is 1.44. The molecule has 1 heterocycles. The van der Waals surface area contributed by atoms with Gasteiger partial charge in [-0.2, -0.15) is 0 Å². The number of rotatable bonds is 8. The van der Waals surface area contributed by atoms with Crippen LogP contribution >= 0.6 is 0 Å². The van der Waals surface area contributed by atoms with Crippen molar-refractivity contribution in [1.29, 1.82) is 0 Å². The molecule has 1 aliphatic heterocycles. The average molecular weight is 431 g/mol. The Morgan fingerprint density at radius 3 is 2.50 bits per heavy atom. The van der Waals surface area contributed by atoms with Gasteiger partial charge in [0.2, 0.25) is 0 Å². The van der Waals surface area contributed by atoms with Crippen molar-refractivity contribution >= 4 is 16.8 Å². The zero-order valence-electron chi connectivity index (χ0n) is 17.5. The van der Waals surface area contributed by atoms with E-state index < -0.39 is 10.8 Å². The molecule has 1 atom stereocenters. The van der Waals surface area contributed by atoms with Gasteiger partial charge in [0.05, 0.1) is 17.3 Å². The first-order chi connectivity index (χ1) is 14.6. The quantitative estimate of drug-likeness (QED) is 0.499. The summed E-state index contributed by atoms with van der Waals surface area (Å²) in [5.41, 5.74) is 1.14. The molecule has 1 saturated heterocycles. The van der Waals surface area contributed by atoms with Gasteiger partial charge in [0.15, 0.2) is 5.96 Å². The number of hydrogen-bond donors (Lipinski definition) is 2. The third-order valence-electron chi connectivity index (χ3n) is 5.14. The molecule has 0 aromatic heterocycles. The fraction of sp³-hybridized carbons (Fsp3) is 0.435. The van der Waals surface area contributed by atoms with Gasteiger partial charge in [-0.1, -0.05) is 30.3 Å². The van der Waals surface area contributed by atoms with Crippen LogP contribution in [0.3, 0.4) is 0 Å². The topological polar surface area (TPSA) is 56.7 Å². The number of nitrogens with one attached hydrogen (secondary N) is 2. The summed E-state index contributed by atoms with van der Waals surface area (Å²) in [6.45, 7) is 6.19. The van der Waals surface area contributed by atoms with Gasteiger partial charge in [-0.05, 0) is 49.6 Å². The second-order valence-corrected chi connectivity index (χ2v) is 9.02. The van der Waals surface area contributed by atoms with E-state index in [1.807, 2.05) is 49.4 Å². The lowest BCUT2D eigenvalue weighted by atomic mass is 10.0. The van der Waals surface area contributed by atoms with Crippen molar-refractivity contribution in [2.24, 2.45) is 4.99 Å². The number of guanidine groups is 1. The van der Waals surface area contributed by atoms with Crippen molar-refractivity contribution in [2.75, 3.05) is 31.9 Å². The average Bonchev–Trinajstić information content (AvgIpc) is 2.77. The molecule has 0 saturated carbocycles. The van der Waals surface area contributed by atoms with Crippen LogP contribution in [-0.2, 0) is 17.3 Å². The van der Waals surface area contributed by atoms with Crippen LogP contribution < -0.4 is 10.6 Å². The fourth-order valence-electron chi connectivity index (χ4n) is 3.53. The zero-order valence-corrected chi connectivity index (χ0v) is 18.3. The summed E-state index contributed by atoms with van der Waals surface area (Å²) in [6.07, 6.45) is 2.06. The molecular formula is C23H31FN4OS. The van der Waals surface area contributed by atoms with Gasteiger partial charge >= 0.3 is 0 Å². The minimum Gasteiger partial charge on any atom is -0.357 e. The van der Waals surface area contributed by atoms with Crippen molar-refractivity contribution in [3.63, 3.8) is 0 Å². The molecule has 162 valence electrons. The lowest BCUT2D eigenvalue weighted by molar-refractivity contribution is 0.198. The number of aliphatic imine (C=N–C) groups is 1. The van der Waals surface area contributed by atoms with Crippen LogP contribution in [0.5, 0.6) is 0 Å². The van der Waals surface area contributed by atoms with Crippen LogP contribution in [0, 0.1) is 5.82 Å². The highest BCUT2D eigenvalue weighted by Crippen LogP contribution is 2.14. The molecule has 2 aromatic rings. The van der Waals surface area contributed by atoms with Gasteiger partial charge in [-0.15, -0.1) is 0 Å². The summed E-state index contributed by atoms with van der Waals surface area (Å²) in [5.74, 6) is 1.11. The number of hydrogen-bond acceptors (Lipinski definition) is 3. The molecule has 0 amide bonds. The lowest BCUT2D eigenvalue weighted by Crippen LogP contribution is -2.48. The molecule has 1 fully saturated rings. The molecule has 2 aromatic carbocycles. The Morgan fingerprint density at radius 2 is 1.83 bits per heavy atom. The van der Waals surface area contributed by atoms with E-state index in [0.717, 1.165) is 55.4 Å². The zero-order chi connectivity index (χ0) is 21.2. The Bertz CT molecular complexity index is 821. The Morgan fingerprint density at radius 1 is 1.13 bits per heavy atom. The first-order valence-corrected chi connectivity index (χ1v) is 11.9. The number of benzene rings is 2. The Labute approximate surface area is 181 Å². The summed E-state index contributed by atoms with van der Waals surface area (Å²) in [5, 5.41) is 6.82. The molecule has 2 N–H and O–H groups in total. The lowest BCUT2D eigenvalue weighted by Gasteiger charge is -2.33. The Kier molecular flexibility index (Phi) is 8.83. The molecule has 0 spiro atoms. The van der Waals surface area contributed by atoms with Crippen LogP contribution in [0.2, 0.25) is 0 Å². The molecule has 1 unspecified atom stereocenters. The van der Waals surface area contributed by atoms with E-state index in [2.05, 4.69) is 20.5 Å². The second kappa shape index (κ2) is 11.8. The van der Waals surface area contributed by atoms with Gasteiger partial charge in [0, 0.05) is 42.9 Å². The van der Waals surface area contributed by atoms with Crippen LogP contribution in [0.15, 0.2) is 64.5 Å². The number of piperidine rings is 1. The highest BCUT2D eigenvalue weighted by Gasteiger charge is 2.20. The largest absolute Gasteiger partial charge is 0.357 e. The molecule has 5 nitrogen and oxygen atoms in total. The van der Waals surface area contributed by atoms with E-state index in [-0.39, 0.29) is 5.82 Å². The first-order valence-electron chi connectivity index (χ1n) is 10.6. The first kappa shape index (κ1) is 22.4. The Hall–Kier alpha value is -2.25. The highest BCUT2D eigenvalue weighted by molar-refractivity contribution is 7.85. The molecular weight excluding hydrogens is 399 g/mol. The van der Waals surface area contributed by atoms with Crippen LogP contribution in [0.4, 0.5) is 4.39 Å². The maximum atomic E-state index is 13.1. The monoisotopic (exact) mass is 430 g/mol. The van der Waals surface area contributed by atoms with Crippen LogP contribution in [-0.4, -0.2) is 53.0 Å². The molecule has 0 radical (unpaired) electrons. The second-order valence-electron chi connectivity index (χ2n) is 7.44. The summed E-state index contributed by atoms with van der Waals surface area (Å²) in [7, 11) is -1.03. The van der Waals surface area contributed by atoms with E-state index in [4.69, 9.17) is 0 Å². The summed E-state index contributed by atoms with van der Waals surface area (Å²) >= 11 is 0. The normalized spacial score (nSPS) is 16.9. The van der Waals surface area contributed by atoms with Crippen molar-refractivity contribution in [3.8, 4) is 0 Å². The number of halogens is 1. The highest BCUT2D eigenvalue weighted by atomic mass is 32.2. The van der Waals surface area contributed by atoms with E-state index in [1.54, 1.807) is 0 Å². The van der Waals surface area contributed by atoms with Crippen LogP contribution in [0.25, 0.3) is 0 Å². The van der Waals surface area contributed by atoms with Gasteiger partial charge in [-0.25, -0.2) is 4.39 Å². The number of nitrogens with zero attached hydrogens (tertiary/aromatic N) is 2. The van der Waals surface area contributed by atoms with E-state index in [9.17, 15) is 8.60 Å². The molecule has 30 heavy (non-hydrogen) atoms. The van der Waals surface area contributed by atoms with E-state index in [1.165, 1.54) is 12.1 Å². The smallest absolute Gasteiger partial charge is 0.191 e. The third kappa shape index (κ3) is 7.22. The van der Waals surface area contributed by atoms with Crippen molar-refractivity contribution < 1.29 is 8.60 Å². The molecule has 7 heteroatoms. The van der Waals surface area contributed by atoms with Gasteiger partial charge in [0.1, 0.15) is 5.82 Å². The summed E-state index contributed by atoms with van der Waals surface area (Å²) < 4.78 is 25.4. The summed E-state index contributed by atoms with van der Waals surface area (Å²) in [4.78, 5) is 7.87. The van der Waals surface area contributed by atoms with Crippen LogP contribution in [0.1, 0.15) is 25.3 Å². The summed E-state index contributed by atoms with van der Waals surface area (Å²) in [6, 6.07) is 16.6. The van der Waals surface area contributed by atoms with Crippen molar-refractivity contribution in [1.82, 2.24) is 15.5 Å². The van der Waals surface area contributed by atoms with Gasteiger partial charge < -0.3 is 10.6 Å². The fourth-order valence-corrected chi connectivity index (χ4v) is 4.48. The van der Waals surface area contributed by atoms with E-state index >= 15 is 0 Å². The molecule has 0 aliphatic carbocycles. The standard InChI is InChI=1S/C23H31FN4OS/c1-2-25-23(26-14-17-30(29)22-6-4-3-5-7-22)27-21-12-15-28(16-13-21)18-19-8-10-20(24)11-9-19/h3-11,21H,2,12-18H2,1H3,(H2,25,26,27). The SMILES string of the molecule is CCNC(=NCCS(=O)c1ccccc1)NC1CCN(Cc2ccc(F)cc2)CC1. The third-order valence-corrected chi connectivity index (χ3v) is 6.50. The van der Waals surface area contributed by atoms with E-state index in [0.29, 0.717) is 18.3 Å². The minimum absolute atomic E-state index is 0.190. The van der Waals surface area contributed by atoms with Gasteiger partial charge in [-0.3, -0.25) is 14.1 Å². The number of likely N-dealkylation sites (tertiary alicyclic amines) is 1.